The van der Waals surface area contributed by atoms with Crippen LogP contribution in [0.2, 0.25) is 0 Å². The second-order valence-electron chi connectivity index (χ2n) is 5.24. The van der Waals surface area contributed by atoms with Gasteiger partial charge in [-0.2, -0.15) is 5.10 Å². The van der Waals surface area contributed by atoms with Crippen LogP contribution in [0.3, 0.4) is 0 Å². The highest BCUT2D eigenvalue weighted by Crippen LogP contribution is 2.12. The Morgan fingerprint density at radius 2 is 2.21 bits per heavy atom. The minimum absolute atomic E-state index is 0.142. The molecule has 2 heterocycles. The number of carbonyl (C=O) groups excluding carboxylic acids is 1. The Morgan fingerprint density at radius 1 is 1.38 bits per heavy atom. The molecule has 0 aliphatic carbocycles. The molecule has 7 heteroatoms. The van der Waals surface area contributed by atoms with E-state index in [-0.39, 0.29) is 11.1 Å². The number of benzene rings is 1. The first kappa shape index (κ1) is 15.9. The number of aromatic nitrogens is 2. The molecule has 0 saturated heterocycles. The first-order valence-electron chi connectivity index (χ1n) is 7.61. The number of furan rings is 1. The standard InChI is InChI=1S/C17H16FN3O3/c1-2-21-14-6-5-11(18)10-13(14)16(22)15(20-21)17(23)19-8-7-12-4-3-9-24-12/h3-6,9-10H,2,7-8H2,1H3,(H,19,23). The van der Waals surface area contributed by atoms with Crippen LogP contribution in [-0.4, -0.2) is 22.2 Å². The van der Waals surface area contributed by atoms with Gasteiger partial charge in [0.2, 0.25) is 5.43 Å². The lowest BCUT2D eigenvalue weighted by Gasteiger charge is -2.10. The lowest BCUT2D eigenvalue weighted by atomic mass is 10.2. The summed E-state index contributed by atoms with van der Waals surface area (Å²) in [5, 5.41) is 6.89. The molecule has 124 valence electrons. The number of amides is 1. The zero-order valence-corrected chi connectivity index (χ0v) is 13.1. The summed E-state index contributed by atoms with van der Waals surface area (Å²) in [5.41, 5.74) is -0.324. The second kappa shape index (κ2) is 6.66. The van der Waals surface area contributed by atoms with Crippen molar-refractivity contribution in [1.82, 2.24) is 15.1 Å². The summed E-state index contributed by atoms with van der Waals surface area (Å²) < 4.78 is 20.2. The lowest BCUT2D eigenvalue weighted by Crippen LogP contribution is -2.33. The quantitative estimate of drug-likeness (QED) is 0.778. The molecule has 0 spiro atoms. The van der Waals surface area contributed by atoms with Gasteiger partial charge >= 0.3 is 0 Å². The minimum Gasteiger partial charge on any atom is -0.469 e. The molecular formula is C17H16FN3O3. The van der Waals surface area contributed by atoms with Crippen LogP contribution >= 0.6 is 0 Å². The van der Waals surface area contributed by atoms with Gasteiger partial charge in [-0.3, -0.25) is 14.3 Å². The highest BCUT2D eigenvalue weighted by atomic mass is 19.1. The van der Waals surface area contributed by atoms with Gasteiger partial charge in [-0.05, 0) is 37.3 Å². The number of carbonyl (C=O) groups is 1. The topological polar surface area (TPSA) is 77.1 Å². The Bertz CT molecular complexity index is 932. The third-order valence-electron chi connectivity index (χ3n) is 3.67. The molecule has 6 nitrogen and oxygen atoms in total. The maximum atomic E-state index is 13.5. The smallest absolute Gasteiger partial charge is 0.275 e. The van der Waals surface area contributed by atoms with Crippen LogP contribution in [0.4, 0.5) is 4.39 Å². The Labute approximate surface area is 136 Å². The summed E-state index contributed by atoms with van der Waals surface area (Å²) in [5.74, 6) is -0.382. The molecule has 0 bridgehead atoms. The van der Waals surface area contributed by atoms with Gasteiger partial charge in [0, 0.05) is 19.5 Å². The molecule has 0 radical (unpaired) electrons. The Balaban J connectivity index is 1.89. The fourth-order valence-corrected chi connectivity index (χ4v) is 2.49. The van der Waals surface area contributed by atoms with Crippen LogP contribution in [-0.2, 0) is 13.0 Å². The molecule has 24 heavy (non-hydrogen) atoms. The first-order valence-corrected chi connectivity index (χ1v) is 7.61. The van der Waals surface area contributed by atoms with E-state index in [1.807, 2.05) is 6.92 Å². The average molecular weight is 329 g/mol. The van der Waals surface area contributed by atoms with Crippen LogP contribution in [0.25, 0.3) is 10.9 Å². The number of nitrogens with one attached hydrogen (secondary N) is 1. The van der Waals surface area contributed by atoms with Gasteiger partial charge in [0.15, 0.2) is 5.69 Å². The average Bonchev–Trinajstić information content (AvgIpc) is 3.09. The van der Waals surface area contributed by atoms with Gasteiger partial charge in [-0.1, -0.05) is 0 Å². The number of aryl methyl sites for hydroxylation is 1. The van der Waals surface area contributed by atoms with Crippen molar-refractivity contribution in [3.05, 3.63) is 64.1 Å². The van der Waals surface area contributed by atoms with Crippen molar-refractivity contribution in [2.24, 2.45) is 0 Å². The van der Waals surface area contributed by atoms with Gasteiger partial charge in [-0.15, -0.1) is 0 Å². The third-order valence-corrected chi connectivity index (χ3v) is 3.67. The predicted octanol–water partition coefficient (Wildman–Crippen LogP) is 2.12. The van der Waals surface area contributed by atoms with Crippen LogP contribution in [0, 0.1) is 5.82 Å². The monoisotopic (exact) mass is 329 g/mol. The molecule has 0 unspecified atom stereocenters. The van der Waals surface area contributed by atoms with Crippen LogP contribution in [0.1, 0.15) is 23.2 Å². The SMILES string of the molecule is CCn1nc(C(=O)NCCc2ccco2)c(=O)c2cc(F)ccc21. The summed E-state index contributed by atoms with van der Waals surface area (Å²) in [7, 11) is 0. The number of hydrogen-bond acceptors (Lipinski definition) is 4. The van der Waals surface area contributed by atoms with Crippen molar-refractivity contribution in [1.29, 1.82) is 0 Å². The van der Waals surface area contributed by atoms with Gasteiger partial charge in [0.25, 0.3) is 5.91 Å². The maximum Gasteiger partial charge on any atom is 0.275 e. The summed E-state index contributed by atoms with van der Waals surface area (Å²) in [4.78, 5) is 24.7. The molecule has 0 saturated carbocycles. The predicted molar refractivity (Wildman–Crippen MR) is 86.4 cm³/mol. The molecule has 1 aromatic carbocycles. The highest BCUT2D eigenvalue weighted by Gasteiger charge is 2.17. The number of fused-ring (bicyclic) bond motifs is 1. The van der Waals surface area contributed by atoms with E-state index in [0.717, 1.165) is 11.8 Å². The van der Waals surface area contributed by atoms with E-state index in [2.05, 4.69) is 10.4 Å². The zero-order valence-electron chi connectivity index (χ0n) is 13.1. The highest BCUT2D eigenvalue weighted by molar-refractivity contribution is 5.95. The van der Waals surface area contributed by atoms with Gasteiger partial charge in [-0.25, -0.2) is 4.39 Å². The lowest BCUT2D eigenvalue weighted by molar-refractivity contribution is 0.0945. The van der Waals surface area contributed by atoms with Crippen molar-refractivity contribution in [3.63, 3.8) is 0 Å². The maximum absolute atomic E-state index is 13.5. The summed E-state index contributed by atoms with van der Waals surface area (Å²) in [6, 6.07) is 7.44. The molecule has 0 aliphatic rings. The molecule has 0 aliphatic heterocycles. The summed E-state index contributed by atoms with van der Waals surface area (Å²) >= 11 is 0. The fourth-order valence-electron chi connectivity index (χ4n) is 2.49. The van der Waals surface area contributed by atoms with Crippen molar-refractivity contribution >= 4 is 16.8 Å². The van der Waals surface area contributed by atoms with Crippen LogP contribution in [0.15, 0.2) is 45.8 Å². The number of halogens is 1. The van der Waals surface area contributed by atoms with E-state index in [1.54, 1.807) is 18.4 Å². The Kier molecular flexibility index (Phi) is 4.41. The Hall–Kier alpha value is -2.96. The van der Waals surface area contributed by atoms with Gasteiger partial charge in [0.1, 0.15) is 11.6 Å². The molecule has 3 aromatic rings. The third kappa shape index (κ3) is 3.05. The number of hydrogen-bond donors (Lipinski definition) is 1. The molecule has 2 aromatic heterocycles. The van der Waals surface area contributed by atoms with E-state index < -0.39 is 17.2 Å². The second-order valence-corrected chi connectivity index (χ2v) is 5.24. The summed E-state index contributed by atoms with van der Waals surface area (Å²) in [6.07, 6.45) is 2.05. The van der Waals surface area contributed by atoms with E-state index in [1.165, 1.54) is 16.8 Å². The molecule has 0 atom stereocenters. The number of rotatable bonds is 5. The van der Waals surface area contributed by atoms with Crippen molar-refractivity contribution in [2.75, 3.05) is 6.54 Å². The molecule has 1 amide bonds. The van der Waals surface area contributed by atoms with Crippen molar-refractivity contribution in [3.8, 4) is 0 Å². The van der Waals surface area contributed by atoms with E-state index >= 15 is 0 Å². The normalized spacial score (nSPS) is 10.9. The largest absolute Gasteiger partial charge is 0.469 e. The summed E-state index contributed by atoms with van der Waals surface area (Å²) in [6.45, 7) is 2.59. The first-order chi connectivity index (χ1) is 11.6. The van der Waals surface area contributed by atoms with E-state index in [0.29, 0.717) is 25.0 Å². The fraction of sp³-hybridized carbons (Fsp3) is 0.235. The van der Waals surface area contributed by atoms with Crippen LogP contribution in [0.5, 0.6) is 0 Å². The van der Waals surface area contributed by atoms with Gasteiger partial charge < -0.3 is 9.73 Å². The van der Waals surface area contributed by atoms with Crippen molar-refractivity contribution < 1.29 is 13.6 Å². The molecule has 1 N–H and O–H groups in total. The number of nitrogens with zero attached hydrogens (tertiary/aromatic N) is 2. The molecular weight excluding hydrogens is 313 g/mol. The van der Waals surface area contributed by atoms with Crippen LogP contribution < -0.4 is 10.7 Å². The zero-order chi connectivity index (χ0) is 17.1. The van der Waals surface area contributed by atoms with E-state index in [4.69, 9.17) is 4.42 Å². The van der Waals surface area contributed by atoms with Gasteiger partial charge in [0.05, 0.1) is 17.2 Å². The molecule has 3 rings (SSSR count). The minimum atomic E-state index is -0.583. The Morgan fingerprint density at radius 3 is 2.92 bits per heavy atom. The molecule has 0 fully saturated rings. The van der Waals surface area contributed by atoms with Crippen molar-refractivity contribution in [2.45, 2.75) is 19.9 Å². The van der Waals surface area contributed by atoms with E-state index in [9.17, 15) is 14.0 Å².